The van der Waals surface area contributed by atoms with Crippen LogP contribution in [0.5, 0.6) is 0 Å². The van der Waals surface area contributed by atoms with E-state index in [1.165, 1.54) is 0 Å². The summed E-state index contributed by atoms with van der Waals surface area (Å²) in [6.07, 6.45) is 0.955. The van der Waals surface area contributed by atoms with Crippen molar-refractivity contribution in [2.24, 2.45) is 13.0 Å². The molecule has 0 atom stereocenters. The summed E-state index contributed by atoms with van der Waals surface area (Å²) in [5.74, 6) is 0.569. The van der Waals surface area contributed by atoms with Gasteiger partial charge in [0.1, 0.15) is 5.15 Å². The molecule has 1 aromatic heterocycles. The summed E-state index contributed by atoms with van der Waals surface area (Å²) in [4.78, 5) is 0. The minimum atomic E-state index is 0.569. The number of nitrogens with zero attached hydrogens (tertiary/aromatic N) is 2. The molecule has 0 spiro atoms. The second-order valence-electron chi connectivity index (χ2n) is 4.71. The second kappa shape index (κ2) is 4.92. The maximum Gasteiger partial charge on any atom is 0.130 e. The highest BCUT2D eigenvalue weighted by Gasteiger charge is 2.16. The van der Waals surface area contributed by atoms with E-state index in [2.05, 4.69) is 31.1 Å². The molecule has 0 saturated carbocycles. The van der Waals surface area contributed by atoms with Gasteiger partial charge in [0.05, 0.1) is 5.69 Å². The Morgan fingerprint density at radius 3 is 2.47 bits per heavy atom. The molecule has 90 valence electrons. The van der Waals surface area contributed by atoms with E-state index in [-0.39, 0.29) is 0 Å². The number of aromatic nitrogens is 2. The van der Waals surface area contributed by atoms with Crippen molar-refractivity contribution in [3.8, 4) is 11.3 Å². The largest absolute Gasteiger partial charge is 0.256 e. The summed E-state index contributed by atoms with van der Waals surface area (Å²) in [5.41, 5.74) is 3.29. The first-order valence-corrected chi connectivity index (χ1v) is 6.24. The van der Waals surface area contributed by atoms with E-state index < -0.39 is 0 Å². The highest BCUT2D eigenvalue weighted by Crippen LogP contribution is 2.30. The van der Waals surface area contributed by atoms with Crippen LogP contribution in [0.15, 0.2) is 30.3 Å². The van der Waals surface area contributed by atoms with Gasteiger partial charge in [-0.3, -0.25) is 4.68 Å². The fourth-order valence-corrected chi connectivity index (χ4v) is 2.17. The fourth-order valence-electron chi connectivity index (χ4n) is 1.96. The van der Waals surface area contributed by atoms with Gasteiger partial charge in [-0.25, -0.2) is 0 Å². The molecule has 0 amide bonds. The van der Waals surface area contributed by atoms with Crippen LogP contribution in [0.3, 0.4) is 0 Å². The van der Waals surface area contributed by atoms with E-state index in [0.29, 0.717) is 5.92 Å². The molecule has 3 heteroatoms. The van der Waals surface area contributed by atoms with Crippen LogP contribution in [-0.2, 0) is 13.5 Å². The van der Waals surface area contributed by atoms with Crippen LogP contribution < -0.4 is 0 Å². The standard InChI is InChI=1S/C14H17ClN2/c1-10(2)9-12-13(16-17(3)14(12)15)11-7-5-4-6-8-11/h4-8,10H,9H2,1-3H3. The Labute approximate surface area is 107 Å². The van der Waals surface area contributed by atoms with Crippen LogP contribution in [0.1, 0.15) is 19.4 Å². The van der Waals surface area contributed by atoms with Gasteiger partial charge in [-0.15, -0.1) is 0 Å². The molecule has 0 unspecified atom stereocenters. The van der Waals surface area contributed by atoms with Gasteiger partial charge in [0.15, 0.2) is 0 Å². The molecule has 0 radical (unpaired) electrons. The molecule has 1 aromatic carbocycles. The molecule has 1 heterocycles. The average Bonchev–Trinajstić information content (AvgIpc) is 2.58. The number of aryl methyl sites for hydroxylation is 1. The van der Waals surface area contributed by atoms with Gasteiger partial charge in [-0.05, 0) is 12.3 Å². The number of rotatable bonds is 3. The Kier molecular flexibility index (Phi) is 3.53. The number of hydrogen-bond donors (Lipinski definition) is 0. The van der Waals surface area contributed by atoms with Crippen molar-refractivity contribution in [2.75, 3.05) is 0 Å². The Balaban J connectivity index is 2.50. The van der Waals surface area contributed by atoms with Gasteiger partial charge < -0.3 is 0 Å². The SMILES string of the molecule is CC(C)Cc1c(-c2ccccc2)nn(C)c1Cl. The minimum absolute atomic E-state index is 0.569. The molecule has 2 rings (SSSR count). The van der Waals surface area contributed by atoms with E-state index in [1.54, 1.807) is 4.68 Å². The molecular weight excluding hydrogens is 232 g/mol. The van der Waals surface area contributed by atoms with E-state index >= 15 is 0 Å². The summed E-state index contributed by atoms with van der Waals surface area (Å²) < 4.78 is 1.75. The van der Waals surface area contributed by atoms with Crippen LogP contribution in [0.2, 0.25) is 5.15 Å². The van der Waals surface area contributed by atoms with Crippen molar-refractivity contribution in [3.05, 3.63) is 41.0 Å². The average molecular weight is 249 g/mol. The molecule has 0 saturated heterocycles. The lowest BCUT2D eigenvalue weighted by Gasteiger charge is -2.06. The quantitative estimate of drug-likeness (QED) is 0.805. The number of benzene rings is 1. The molecule has 2 nitrogen and oxygen atoms in total. The lowest BCUT2D eigenvalue weighted by atomic mass is 10.00. The monoisotopic (exact) mass is 248 g/mol. The topological polar surface area (TPSA) is 17.8 Å². The van der Waals surface area contributed by atoms with E-state index in [1.807, 2.05) is 25.2 Å². The van der Waals surface area contributed by atoms with Gasteiger partial charge in [-0.2, -0.15) is 5.10 Å². The molecule has 0 aliphatic carbocycles. The summed E-state index contributed by atoms with van der Waals surface area (Å²) in [5, 5.41) is 5.27. The normalized spacial score (nSPS) is 11.1. The predicted molar refractivity (Wildman–Crippen MR) is 72.2 cm³/mol. The Bertz CT molecular complexity index is 500. The zero-order valence-electron chi connectivity index (χ0n) is 10.4. The van der Waals surface area contributed by atoms with Crippen molar-refractivity contribution in [2.45, 2.75) is 20.3 Å². The third-order valence-corrected chi connectivity index (χ3v) is 3.20. The first-order chi connectivity index (χ1) is 8.09. The maximum absolute atomic E-state index is 6.31. The van der Waals surface area contributed by atoms with Crippen LogP contribution in [-0.4, -0.2) is 9.78 Å². The lowest BCUT2D eigenvalue weighted by molar-refractivity contribution is 0.647. The fraction of sp³-hybridized carbons (Fsp3) is 0.357. The van der Waals surface area contributed by atoms with Crippen molar-refractivity contribution in [1.29, 1.82) is 0 Å². The molecule has 17 heavy (non-hydrogen) atoms. The number of halogens is 1. The summed E-state index contributed by atoms with van der Waals surface area (Å²) in [7, 11) is 1.89. The van der Waals surface area contributed by atoms with Crippen molar-refractivity contribution in [3.63, 3.8) is 0 Å². The van der Waals surface area contributed by atoms with E-state index in [4.69, 9.17) is 11.6 Å². The number of hydrogen-bond acceptors (Lipinski definition) is 1. The van der Waals surface area contributed by atoms with Gasteiger partial charge >= 0.3 is 0 Å². The van der Waals surface area contributed by atoms with E-state index in [9.17, 15) is 0 Å². The molecule has 0 fully saturated rings. The maximum atomic E-state index is 6.31. The zero-order valence-corrected chi connectivity index (χ0v) is 11.2. The molecule has 0 N–H and O–H groups in total. The highest BCUT2D eigenvalue weighted by molar-refractivity contribution is 6.30. The van der Waals surface area contributed by atoms with E-state index in [0.717, 1.165) is 28.4 Å². The van der Waals surface area contributed by atoms with Crippen LogP contribution in [0.4, 0.5) is 0 Å². The Morgan fingerprint density at radius 1 is 1.24 bits per heavy atom. The highest BCUT2D eigenvalue weighted by atomic mass is 35.5. The molecule has 0 aliphatic rings. The summed E-state index contributed by atoms with van der Waals surface area (Å²) in [6.45, 7) is 4.39. The van der Waals surface area contributed by atoms with Gasteiger partial charge in [0.2, 0.25) is 0 Å². The van der Waals surface area contributed by atoms with Crippen molar-refractivity contribution in [1.82, 2.24) is 9.78 Å². The Hall–Kier alpha value is -1.28. The van der Waals surface area contributed by atoms with Crippen LogP contribution in [0, 0.1) is 5.92 Å². The molecule has 0 bridgehead atoms. The zero-order chi connectivity index (χ0) is 12.4. The van der Waals surface area contributed by atoms with Gasteiger partial charge in [-0.1, -0.05) is 55.8 Å². The molecule has 2 aromatic rings. The second-order valence-corrected chi connectivity index (χ2v) is 5.06. The van der Waals surface area contributed by atoms with Crippen LogP contribution in [0.25, 0.3) is 11.3 Å². The van der Waals surface area contributed by atoms with Crippen molar-refractivity contribution >= 4 is 11.6 Å². The Morgan fingerprint density at radius 2 is 1.88 bits per heavy atom. The third kappa shape index (κ3) is 2.52. The first kappa shape index (κ1) is 12.2. The predicted octanol–water partition coefficient (Wildman–Crippen LogP) is 3.94. The third-order valence-electron chi connectivity index (χ3n) is 2.73. The summed E-state index contributed by atoms with van der Waals surface area (Å²) >= 11 is 6.31. The summed E-state index contributed by atoms with van der Waals surface area (Å²) in [6, 6.07) is 10.2. The molecule has 0 aliphatic heterocycles. The van der Waals surface area contributed by atoms with Crippen LogP contribution >= 0.6 is 11.6 Å². The minimum Gasteiger partial charge on any atom is -0.256 e. The van der Waals surface area contributed by atoms with Gasteiger partial charge in [0.25, 0.3) is 0 Å². The van der Waals surface area contributed by atoms with Crippen molar-refractivity contribution < 1.29 is 0 Å². The molecular formula is C14H17ClN2. The smallest absolute Gasteiger partial charge is 0.130 e. The first-order valence-electron chi connectivity index (χ1n) is 5.86. The van der Waals surface area contributed by atoms with Gasteiger partial charge in [0, 0.05) is 18.2 Å². The lowest BCUT2D eigenvalue weighted by Crippen LogP contribution is -1.95.